The molecule has 16 heavy (non-hydrogen) atoms. The molecule has 1 aliphatic rings. The second kappa shape index (κ2) is 4.26. The molecule has 4 heteroatoms. The fourth-order valence-corrected chi connectivity index (χ4v) is 2.23. The van der Waals surface area contributed by atoms with Gasteiger partial charge >= 0.3 is 5.97 Å². The molecule has 0 spiro atoms. The predicted molar refractivity (Wildman–Crippen MR) is 59.4 cm³/mol. The second-order valence-electron chi connectivity index (χ2n) is 3.87. The quantitative estimate of drug-likeness (QED) is 0.583. The number of ketones is 1. The van der Waals surface area contributed by atoms with E-state index in [0.29, 0.717) is 17.9 Å². The lowest BCUT2D eigenvalue weighted by molar-refractivity contribution is -0.153. The van der Waals surface area contributed by atoms with Gasteiger partial charge in [0.05, 0.1) is 7.11 Å². The van der Waals surface area contributed by atoms with Crippen LogP contribution in [0.1, 0.15) is 11.1 Å². The van der Waals surface area contributed by atoms with E-state index in [2.05, 4.69) is 4.74 Å². The molecule has 0 bridgehead atoms. The lowest BCUT2D eigenvalue weighted by Crippen LogP contribution is -2.25. The largest absolute Gasteiger partial charge is 0.463 e. The number of methoxy groups -OCH3 is 1. The summed E-state index contributed by atoms with van der Waals surface area (Å²) < 4.78 is 4.43. The number of carbonyl (C=O) groups is 2. The van der Waals surface area contributed by atoms with Crippen LogP contribution in [-0.2, 0) is 27.2 Å². The van der Waals surface area contributed by atoms with Gasteiger partial charge in [-0.3, -0.25) is 4.79 Å². The van der Waals surface area contributed by atoms with E-state index in [-0.39, 0.29) is 5.92 Å². The first kappa shape index (κ1) is 11.1. The number of esters is 1. The Kier molecular flexibility index (Phi) is 2.97. The first-order valence-corrected chi connectivity index (χ1v) is 5.39. The number of fused-ring (bicyclic) bond motifs is 1. The Morgan fingerprint density at radius 3 is 2.69 bits per heavy atom. The summed E-state index contributed by atoms with van der Waals surface area (Å²) in [5.74, 6) is -1.50. The van der Waals surface area contributed by atoms with Gasteiger partial charge in [0.2, 0.25) is 5.78 Å². The number of hydrogen-bond acceptors (Lipinski definition) is 3. The van der Waals surface area contributed by atoms with Crippen molar-refractivity contribution in [1.29, 1.82) is 0 Å². The van der Waals surface area contributed by atoms with Crippen LogP contribution in [0.15, 0.2) is 18.2 Å². The molecular formula is C12H11ClO3. The van der Waals surface area contributed by atoms with Gasteiger partial charge in [-0.2, -0.15) is 0 Å². The first-order chi connectivity index (χ1) is 7.61. The third kappa shape index (κ3) is 1.95. The van der Waals surface area contributed by atoms with Gasteiger partial charge in [-0.25, -0.2) is 4.79 Å². The van der Waals surface area contributed by atoms with Crippen molar-refractivity contribution in [2.45, 2.75) is 12.8 Å². The van der Waals surface area contributed by atoms with Crippen molar-refractivity contribution >= 4 is 23.4 Å². The second-order valence-corrected chi connectivity index (χ2v) is 4.31. The van der Waals surface area contributed by atoms with E-state index in [1.165, 1.54) is 7.11 Å². The molecule has 0 saturated carbocycles. The fourth-order valence-electron chi connectivity index (χ4n) is 2.04. The van der Waals surface area contributed by atoms with Gasteiger partial charge in [0.1, 0.15) is 0 Å². The van der Waals surface area contributed by atoms with Crippen LogP contribution in [0.4, 0.5) is 0 Å². The third-order valence-corrected chi connectivity index (χ3v) is 3.09. The molecule has 0 heterocycles. The van der Waals surface area contributed by atoms with E-state index >= 15 is 0 Å². The zero-order valence-corrected chi connectivity index (χ0v) is 9.58. The number of benzene rings is 1. The predicted octanol–water partition coefficient (Wildman–Crippen LogP) is 1.80. The van der Waals surface area contributed by atoms with Gasteiger partial charge < -0.3 is 4.74 Å². The van der Waals surface area contributed by atoms with Gasteiger partial charge in [-0.05, 0) is 36.1 Å². The van der Waals surface area contributed by atoms with Crippen LogP contribution in [0.25, 0.3) is 0 Å². The van der Waals surface area contributed by atoms with Crippen LogP contribution in [0.3, 0.4) is 0 Å². The molecule has 0 fully saturated rings. The molecule has 0 radical (unpaired) electrons. The Balaban J connectivity index is 2.17. The summed E-state index contributed by atoms with van der Waals surface area (Å²) in [5, 5.41) is 0.657. The van der Waals surface area contributed by atoms with E-state index in [9.17, 15) is 9.59 Å². The number of ether oxygens (including phenoxy) is 1. The summed E-state index contributed by atoms with van der Waals surface area (Å²) >= 11 is 5.86. The van der Waals surface area contributed by atoms with Gasteiger partial charge in [0, 0.05) is 10.9 Å². The van der Waals surface area contributed by atoms with Gasteiger partial charge in [-0.1, -0.05) is 17.7 Å². The topological polar surface area (TPSA) is 43.4 Å². The van der Waals surface area contributed by atoms with Crippen LogP contribution in [0, 0.1) is 5.92 Å². The molecule has 0 aliphatic heterocycles. The zero-order chi connectivity index (χ0) is 11.7. The Bertz CT molecular complexity index is 454. The summed E-state index contributed by atoms with van der Waals surface area (Å²) in [6, 6.07) is 5.55. The lowest BCUT2D eigenvalue weighted by Gasteiger charge is -2.04. The molecule has 0 saturated heterocycles. The van der Waals surface area contributed by atoms with E-state index < -0.39 is 11.8 Å². The summed E-state index contributed by atoms with van der Waals surface area (Å²) in [6.07, 6.45) is 1.17. The van der Waals surface area contributed by atoms with E-state index in [1.807, 2.05) is 12.1 Å². The maximum atomic E-state index is 11.6. The number of hydrogen-bond donors (Lipinski definition) is 0. The third-order valence-electron chi connectivity index (χ3n) is 2.86. The highest BCUT2D eigenvalue weighted by atomic mass is 35.5. The number of carbonyl (C=O) groups excluding carboxylic acids is 2. The highest BCUT2D eigenvalue weighted by Crippen LogP contribution is 2.29. The Morgan fingerprint density at radius 1 is 1.31 bits per heavy atom. The van der Waals surface area contributed by atoms with Crippen LogP contribution >= 0.6 is 11.6 Å². The molecule has 1 aromatic carbocycles. The number of Topliss-reactive ketones (excluding diaryl/α,β-unsaturated/α-hetero) is 1. The van der Waals surface area contributed by atoms with Crippen molar-refractivity contribution in [3.8, 4) is 0 Å². The monoisotopic (exact) mass is 238 g/mol. The van der Waals surface area contributed by atoms with Gasteiger partial charge in [0.25, 0.3) is 0 Å². The number of halogens is 1. The van der Waals surface area contributed by atoms with Crippen LogP contribution in [0.5, 0.6) is 0 Å². The normalized spacial score (nSPS) is 18.0. The summed E-state index contributed by atoms with van der Waals surface area (Å²) in [6.45, 7) is 0. The van der Waals surface area contributed by atoms with Gasteiger partial charge in [0.15, 0.2) is 0 Å². The maximum absolute atomic E-state index is 11.6. The summed E-state index contributed by atoms with van der Waals surface area (Å²) in [7, 11) is 1.22. The number of rotatable bonds is 2. The molecule has 2 rings (SSSR count). The minimum atomic E-state index is -0.760. The van der Waals surface area contributed by atoms with E-state index in [1.54, 1.807) is 6.07 Å². The Hall–Kier alpha value is -1.35. The standard InChI is InChI=1S/C12H11ClO3/c1-16-12(15)11(14)9-4-7-2-3-10(13)6-8(7)5-9/h2-3,6,9H,4-5H2,1H3. The molecule has 1 atom stereocenters. The van der Waals surface area contributed by atoms with Gasteiger partial charge in [-0.15, -0.1) is 0 Å². The molecular weight excluding hydrogens is 228 g/mol. The van der Waals surface area contributed by atoms with Crippen LogP contribution < -0.4 is 0 Å². The highest BCUT2D eigenvalue weighted by molar-refractivity contribution is 6.34. The minimum Gasteiger partial charge on any atom is -0.463 e. The van der Waals surface area contributed by atoms with Crippen LogP contribution in [0.2, 0.25) is 5.02 Å². The van der Waals surface area contributed by atoms with Crippen molar-refractivity contribution in [1.82, 2.24) is 0 Å². The smallest absolute Gasteiger partial charge is 0.374 e. The molecule has 3 nitrogen and oxygen atoms in total. The SMILES string of the molecule is COC(=O)C(=O)C1Cc2ccc(Cl)cc2C1. The molecule has 84 valence electrons. The van der Waals surface area contributed by atoms with Crippen molar-refractivity contribution in [2.24, 2.45) is 5.92 Å². The minimum absolute atomic E-state index is 0.291. The average Bonchev–Trinajstić information content (AvgIpc) is 2.69. The maximum Gasteiger partial charge on any atom is 0.374 e. The zero-order valence-electron chi connectivity index (χ0n) is 8.83. The fraction of sp³-hybridized carbons (Fsp3) is 0.333. The molecule has 0 amide bonds. The van der Waals surface area contributed by atoms with Crippen LogP contribution in [-0.4, -0.2) is 18.9 Å². The molecule has 1 aromatic rings. The molecule has 1 unspecified atom stereocenters. The molecule has 0 N–H and O–H groups in total. The lowest BCUT2D eigenvalue weighted by atomic mass is 10.0. The van der Waals surface area contributed by atoms with E-state index in [0.717, 1.165) is 11.1 Å². The Labute approximate surface area is 98.4 Å². The molecule has 0 aromatic heterocycles. The first-order valence-electron chi connectivity index (χ1n) is 5.01. The summed E-state index contributed by atoms with van der Waals surface area (Å²) in [5.41, 5.74) is 2.14. The average molecular weight is 239 g/mol. The highest BCUT2D eigenvalue weighted by Gasteiger charge is 2.31. The molecule has 1 aliphatic carbocycles. The van der Waals surface area contributed by atoms with Crippen molar-refractivity contribution in [3.05, 3.63) is 34.3 Å². The van der Waals surface area contributed by atoms with Crippen molar-refractivity contribution < 1.29 is 14.3 Å². The summed E-state index contributed by atoms with van der Waals surface area (Å²) in [4.78, 5) is 22.7. The van der Waals surface area contributed by atoms with Crippen molar-refractivity contribution in [3.63, 3.8) is 0 Å². The van der Waals surface area contributed by atoms with Crippen molar-refractivity contribution in [2.75, 3.05) is 7.11 Å². The Morgan fingerprint density at radius 2 is 2.00 bits per heavy atom. The van der Waals surface area contributed by atoms with E-state index in [4.69, 9.17) is 11.6 Å².